The van der Waals surface area contributed by atoms with Gasteiger partial charge in [0.05, 0.1) is 0 Å². The van der Waals surface area contributed by atoms with Crippen molar-refractivity contribution in [3.63, 3.8) is 0 Å². The summed E-state index contributed by atoms with van der Waals surface area (Å²) in [5.74, 6) is -2.01. The Morgan fingerprint density at radius 2 is 1.61 bits per heavy atom. The van der Waals surface area contributed by atoms with E-state index in [1.165, 1.54) is 5.56 Å². The zero-order valence-electron chi connectivity index (χ0n) is 9.87. The fourth-order valence-corrected chi connectivity index (χ4v) is 1.90. The van der Waals surface area contributed by atoms with Crippen molar-refractivity contribution in [1.82, 2.24) is 0 Å². The van der Waals surface area contributed by atoms with E-state index in [1.807, 2.05) is 30.3 Å². The zero-order valence-corrected chi connectivity index (χ0v) is 9.87. The lowest BCUT2D eigenvalue weighted by atomic mass is 10.0. The molecule has 0 saturated heterocycles. The van der Waals surface area contributed by atoms with Crippen molar-refractivity contribution in [3.8, 4) is 5.75 Å². The first-order valence-electron chi connectivity index (χ1n) is 5.87. The Hall–Kier alpha value is -1.90. The first-order valence-corrected chi connectivity index (χ1v) is 5.87. The van der Waals surface area contributed by atoms with Crippen LogP contribution in [0.4, 0.5) is 8.78 Å². The Labute approximate surface area is 105 Å². The van der Waals surface area contributed by atoms with Gasteiger partial charge in [-0.1, -0.05) is 30.3 Å². The lowest BCUT2D eigenvalue weighted by molar-refractivity contribution is 0.425. The van der Waals surface area contributed by atoms with Gasteiger partial charge in [-0.25, -0.2) is 8.78 Å². The van der Waals surface area contributed by atoms with Gasteiger partial charge in [0.2, 0.25) is 0 Å². The number of benzene rings is 2. The number of halogens is 2. The fourth-order valence-electron chi connectivity index (χ4n) is 1.90. The maximum Gasteiger partial charge on any atom is 0.167 e. The highest BCUT2D eigenvalue weighted by Gasteiger charge is 2.08. The molecule has 94 valence electrons. The summed E-state index contributed by atoms with van der Waals surface area (Å²) < 4.78 is 26.3. The predicted molar refractivity (Wildman–Crippen MR) is 66.5 cm³/mol. The molecule has 0 aliphatic carbocycles. The topological polar surface area (TPSA) is 20.2 Å². The molecule has 0 aromatic heterocycles. The molecule has 2 aromatic carbocycles. The molecule has 0 aliphatic rings. The molecule has 2 aromatic rings. The van der Waals surface area contributed by atoms with Crippen molar-refractivity contribution in [3.05, 3.63) is 65.2 Å². The Morgan fingerprint density at radius 3 is 2.33 bits per heavy atom. The van der Waals surface area contributed by atoms with Crippen LogP contribution in [0.15, 0.2) is 42.5 Å². The van der Waals surface area contributed by atoms with Gasteiger partial charge < -0.3 is 5.11 Å². The summed E-state index contributed by atoms with van der Waals surface area (Å²) in [5, 5.41) is 9.20. The summed E-state index contributed by atoms with van der Waals surface area (Å²) >= 11 is 0. The van der Waals surface area contributed by atoms with Crippen LogP contribution in [-0.4, -0.2) is 5.11 Å². The monoisotopic (exact) mass is 248 g/mol. The summed E-state index contributed by atoms with van der Waals surface area (Å²) in [7, 11) is 0. The average molecular weight is 248 g/mol. The fraction of sp³-hybridized carbons (Fsp3) is 0.200. The van der Waals surface area contributed by atoms with Crippen LogP contribution in [0.3, 0.4) is 0 Å². The number of rotatable bonds is 4. The molecule has 0 radical (unpaired) electrons. The van der Waals surface area contributed by atoms with E-state index in [2.05, 4.69) is 0 Å². The Bertz CT molecular complexity index is 524. The van der Waals surface area contributed by atoms with Gasteiger partial charge in [-0.2, -0.15) is 0 Å². The van der Waals surface area contributed by atoms with Crippen molar-refractivity contribution in [2.24, 2.45) is 0 Å². The van der Waals surface area contributed by atoms with Crippen molar-refractivity contribution in [1.29, 1.82) is 0 Å². The quantitative estimate of drug-likeness (QED) is 0.871. The summed E-state index contributed by atoms with van der Waals surface area (Å²) in [6, 6.07) is 11.8. The molecular weight excluding hydrogens is 234 g/mol. The van der Waals surface area contributed by atoms with Gasteiger partial charge in [0, 0.05) is 6.07 Å². The van der Waals surface area contributed by atoms with E-state index in [0.717, 1.165) is 25.0 Å². The second-order valence-corrected chi connectivity index (χ2v) is 4.23. The molecule has 0 saturated carbocycles. The molecule has 18 heavy (non-hydrogen) atoms. The van der Waals surface area contributed by atoms with Crippen LogP contribution < -0.4 is 0 Å². The van der Waals surface area contributed by atoms with E-state index >= 15 is 0 Å². The predicted octanol–water partition coefficient (Wildman–Crippen LogP) is 3.85. The van der Waals surface area contributed by atoms with E-state index < -0.39 is 17.4 Å². The number of aryl methyl sites for hydroxylation is 2. The third-order valence-corrected chi connectivity index (χ3v) is 2.87. The average Bonchev–Trinajstić information content (AvgIpc) is 2.37. The summed E-state index contributed by atoms with van der Waals surface area (Å²) in [6.07, 6.45) is 2.07. The van der Waals surface area contributed by atoms with Crippen LogP contribution in [-0.2, 0) is 12.8 Å². The molecule has 0 fully saturated rings. The summed E-state index contributed by atoms with van der Waals surface area (Å²) in [4.78, 5) is 0. The standard InChI is InChI=1S/C15H14F2O/c16-13-10-14(17)15(18)9-12(13)8-4-7-11-5-2-1-3-6-11/h1-3,5-6,9-10,18H,4,7-8H2. The first kappa shape index (κ1) is 12.6. The van der Waals surface area contributed by atoms with Crippen LogP contribution in [0.2, 0.25) is 0 Å². The molecule has 1 nitrogen and oxygen atoms in total. The van der Waals surface area contributed by atoms with Crippen LogP contribution in [0.1, 0.15) is 17.5 Å². The first-order chi connectivity index (χ1) is 8.66. The number of aromatic hydroxyl groups is 1. The minimum absolute atomic E-state index is 0.352. The molecular formula is C15H14F2O. The molecule has 0 spiro atoms. The molecule has 0 heterocycles. The normalized spacial score (nSPS) is 10.6. The molecule has 0 bridgehead atoms. The van der Waals surface area contributed by atoms with Crippen molar-refractivity contribution in [2.45, 2.75) is 19.3 Å². The molecule has 0 aliphatic heterocycles. The van der Waals surface area contributed by atoms with Gasteiger partial charge in [0.1, 0.15) is 5.82 Å². The van der Waals surface area contributed by atoms with E-state index in [9.17, 15) is 13.9 Å². The van der Waals surface area contributed by atoms with Crippen molar-refractivity contribution >= 4 is 0 Å². The third-order valence-electron chi connectivity index (χ3n) is 2.87. The van der Waals surface area contributed by atoms with Gasteiger partial charge >= 0.3 is 0 Å². The zero-order chi connectivity index (χ0) is 13.0. The minimum Gasteiger partial charge on any atom is -0.505 e. The van der Waals surface area contributed by atoms with Crippen LogP contribution in [0.5, 0.6) is 5.75 Å². The number of hydrogen-bond acceptors (Lipinski definition) is 1. The largest absolute Gasteiger partial charge is 0.505 e. The molecule has 1 N–H and O–H groups in total. The van der Waals surface area contributed by atoms with E-state index in [4.69, 9.17) is 0 Å². The van der Waals surface area contributed by atoms with E-state index in [0.29, 0.717) is 12.0 Å². The highest BCUT2D eigenvalue weighted by Crippen LogP contribution is 2.21. The maximum absolute atomic E-state index is 13.4. The lowest BCUT2D eigenvalue weighted by Gasteiger charge is -2.05. The Morgan fingerprint density at radius 1 is 0.889 bits per heavy atom. The second kappa shape index (κ2) is 5.63. The molecule has 2 rings (SSSR count). The van der Waals surface area contributed by atoms with Crippen molar-refractivity contribution < 1.29 is 13.9 Å². The van der Waals surface area contributed by atoms with Gasteiger partial charge in [-0.3, -0.25) is 0 Å². The molecule has 0 atom stereocenters. The van der Waals surface area contributed by atoms with Crippen molar-refractivity contribution in [2.75, 3.05) is 0 Å². The van der Waals surface area contributed by atoms with Gasteiger partial charge in [-0.05, 0) is 36.5 Å². The molecule has 0 amide bonds. The maximum atomic E-state index is 13.4. The highest BCUT2D eigenvalue weighted by molar-refractivity contribution is 5.30. The summed E-state index contributed by atoms with van der Waals surface area (Å²) in [6.45, 7) is 0. The Balaban J connectivity index is 1.97. The third kappa shape index (κ3) is 3.06. The number of phenolic OH excluding ortho intramolecular Hbond substituents is 1. The van der Waals surface area contributed by atoms with Crippen LogP contribution in [0.25, 0.3) is 0 Å². The Kier molecular flexibility index (Phi) is 3.92. The molecule has 0 unspecified atom stereocenters. The second-order valence-electron chi connectivity index (χ2n) is 4.23. The molecule has 3 heteroatoms. The van der Waals surface area contributed by atoms with Gasteiger partial charge in [0.15, 0.2) is 11.6 Å². The van der Waals surface area contributed by atoms with Crippen LogP contribution >= 0.6 is 0 Å². The minimum atomic E-state index is -0.917. The smallest absolute Gasteiger partial charge is 0.167 e. The lowest BCUT2D eigenvalue weighted by Crippen LogP contribution is -1.95. The number of phenols is 1. The van der Waals surface area contributed by atoms with E-state index in [-0.39, 0.29) is 0 Å². The SMILES string of the molecule is Oc1cc(CCCc2ccccc2)c(F)cc1F. The van der Waals surface area contributed by atoms with Crippen LogP contribution in [0, 0.1) is 11.6 Å². The highest BCUT2D eigenvalue weighted by atomic mass is 19.1. The van der Waals surface area contributed by atoms with E-state index in [1.54, 1.807) is 0 Å². The summed E-state index contributed by atoms with van der Waals surface area (Å²) in [5.41, 5.74) is 1.54. The van der Waals surface area contributed by atoms with Gasteiger partial charge in [-0.15, -0.1) is 0 Å². The number of hydrogen-bond donors (Lipinski definition) is 1. The van der Waals surface area contributed by atoms with Gasteiger partial charge in [0.25, 0.3) is 0 Å².